The molecule has 0 amide bonds. The molecule has 2 heterocycles. The third kappa shape index (κ3) is 4.39. The Labute approximate surface area is 213 Å². The molecule has 7 heteroatoms. The van der Waals surface area contributed by atoms with Gasteiger partial charge in [0.25, 0.3) is 0 Å². The normalized spacial score (nSPS) is 14.3. The molecule has 4 aromatic rings. The summed E-state index contributed by atoms with van der Waals surface area (Å²) in [6.07, 6.45) is 1.51. The minimum Gasteiger partial charge on any atom is -0.497 e. The standard InChI is InChI=1S/C29H31N3O3S/c1-20-5-9-24(10-6-20)36(33,34)28-19-30-26-11-8-23(35-4)18-25(26)29(28)32-15-13-31(14-16-32)27-12-7-21(2)17-22(27)3/h5-12,17-19H,13-16H2,1-4H3. The fraction of sp³-hybridized carbons (Fsp3) is 0.276. The maximum Gasteiger partial charge on any atom is 0.210 e. The van der Waals surface area contributed by atoms with Gasteiger partial charge in [0, 0.05) is 43.4 Å². The highest BCUT2D eigenvalue weighted by Gasteiger charge is 2.29. The van der Waals surface area contributed by atoms with Crippen molar-refractivity contribution in [3.05, 3.63) is 83.6 Å². The molecule has 186 valence electrons. The van der Waals surface area contributed by atoms with Crippen molar-refractivity contribution in [1.29, 1.82) is 0 Å². The van der Waals surface area contributed by atoms with Crippen LogP contribution >= 0.6 is 0 Å². The van der Waals surface area contributed by atoms with Crippen molar-refractivity contribution in [2.24, 2.45) is 0 Å². The lowest BCUT2D eigenvalue weighted by Gasteiger charge is -2.39. The van der Waals surface area contributed by atoms with Crippen LogP contribution in [0.25, 0.3) is 10.9 Å². The molecule has 0 aliphatic carbocycles. The van der Waals surface area contributed by atoms with E-state index in [2.05, 4.69) is 46.8 Å². The molecule has 0 atom stereocenters. The van der Waals surface area contributed by atoms with Crippen LogP contribution in [0.1, 0.15) is 16.7 Å². The van der Waals surface area contributed by atoms with Gasteiger partial charge in [0.15, 0.2) is 0 Å². The van der Waals surface area contributed by atoms with Crippen LogP contribution in [0.15, 0.2) is 76.7 Å². The third-order valence-corrected chi connectivity index (χ3v) is 8.69. The average Bonchev–Trinajstić information content (AvgIpc) is 2.88. The van der Waals surface area contributed by atoms with E-state index in [4.69, 9.17) is 4.74 Å². The predicted molar refractivity (Wildman–Crippen MR) is 145 cm³/mol. The van der Waals surface area contributed by atoms with E-state index >= 15 is 0 Å². The molecule has 36 heavy (non-hydrogen) atoms. The van der Waals surface area contributed by atoms with Gasteiger partial charge >= 0.3 is 0 Å². The van der Waals surface area contributed by atoms with Crippen LogP contribution in [-0.2, 0) is 9.84 Å². The van der Waals surface area contributed by atoms with Crippen molar-refractivity contribution >= 4 is 32.1 Å². The average molecular weight is 502 g/mol. The Morgan fingerprint density at radius 1 is 0.806 bits per heavy atom. The van der Waals surface area contributed by atoms with Gasteiger partial charge in [-0.1, -0.05) is 35.4 Å². The molecule has 0 spiro atoms. The van der Waals surface area contributed by atoms with Gasteiger partial charge in [0.05, 0.1) is 23.2 Å². The second-order valence-electron chi connectivity index (χ2n) is 9.43. The van der Waals surface area contributed by atoms with Crippen LogP contribution in [0.5, 0.6) is 5.75 Å². The van der Waals surface area contributed by atoms with Gasteiger partial charge in [-0.2, -0.15) is 0 Å². The second-order valence-corrected chi connectivity index (χ2v) is 11.4. The van der Waals surface area contributed by atoms with Crippen molar-refractivity contribution in [2.45, 2.75) is 30.6 Å². The van der Waals surface area contributed by atoms with E-state index in [9.17, 15) is 8.42 Å². The summed E-state index contributed by atoms with van der Waals surface area (Å²) in [5, 5.41) is 0.780. The monoisotopic (exact) mass is 501 g/mol. The zero-order chi connectivity index (χ0) is 25.4. The quantitative estimate of drug-likeness (QED) is 0.368. The number of anilines is 2. The summed E-state index contributed by atoms with van der Waals surface area (Å²) in [7, 11) is -2.17. The van der Waals surface area contributed by atoms with Crippen LogP contribution in [-0.4, -0.2) is 46.7 Å². The molecule has 1 fully saturated rings. The highest BCUT2D eigenvalue weighted by Crippen LogP contribution is 2.38. The molecular formula is C29H31N3O3S. The number of aromatic nitrogens is 1. The van der Waals surface area contributed by atoms with Gasteiger partial charge in [0.1, 0.15) is 10.6 Å². The number of fused-ring (bicyclic) bond motifs is 1. The van der Waals surface area contributed by atoms with Crippen molar-refractivity contribution < 1.29 is 13.2 Å². The highest BCUT2D eigenvalue weighted by molar-refractivity contribution is 7.91. The lowest BCUT2D eigenvalue weighted by molar-refractivity contribution is 0.415. The van der Waals surface area contributed by atoms with E-state index in [1.807, 2.05) is 37.3 Å². The number of aryl methyl sites for hydroxylation is 3. The Hall–Kier alpha value is -3.58. The zero-order valence-corrected chi connectivity index (χ0v) is 22.0. The summed E-state index contributed by atoms with van der Waals surface area (Å²) in [4.78, 5) is 9.59. The molecule has 0 N–H and O–H groups in total. The smallest absolute Gasteiger partial charge is 0.210 e. The molecule has 0 unspecified atom stereocenters. The summed E-state index contributed by atoms with van der Waals surface area (Å²) >= 11 is 0. The van der Waals surface area contributed by atoms with Crippen molar-refractivity contribution in [2.75, 3.05) is 43.1 Å². The Morgan fingerprint density at radius 2 is 1.47 bits per heavy atom. The molecule has 0 bridgehead atoms. The first-order valence-electron chi connectivity index (χ1n) is 12.1. The molecule has 5 rings (SSSR count). The Morgan fingerprint density at radius 3 is 2.14 bits per heavy atom. The van der Waals surface area contributed by atoms with Crippen molar-refractivity contribution in [1.82, 2.24) is 4.98 Å². The summed E-state index contributed by atoms with van der Waals surface area (Å²) in [6.45, 7) is 9.17. The maximum atomic E-state index is 13.9. The maximum absolute atomic E-state index is 13.9. The predicted octanol–water partition coefficient (Wildman–Crippen LogP) is 5.33. The lowest BCUT2D eigenvalue weighted by Crippen LogP contribution is -2.47. The number of hydrogen-bond donors (Lipinski definition) is 0. The lowest BCUT2D eigenvalue weighted by atomic mass is 10.1. The van der Waals surface area contributed by atoms with Crippen LogP contribution in [0.2, 0.25) is 0 Å². The number of nitrogens with zero attached hydrogens (tertiary/aromatic N) is 3. The SMILES string of the molecule is COc1ccc2ncc(S(=O)(=O)c3ccc(C)cc3)c(N3CCN(c4ccc(C)cc4C)CC3)c2c1. The molecule has 6 nitrogen and oxygen atoms in total. The first-order valence-corrected chi connectivity index (χ1v) is 13.6. The second kappa shape index (κ2) is 9.47. The minimum absolute atomic E-state index is 0.229. The minimum atomic E-state index is -3.78. The summed E-state index contributed by atoms with van der Waals surface area (Å²) < 4.78 is 33.2. The zero-order valence-electron chi connectivity index (χ0n) is 21.2. The van der Waals surface area contributed by atoms with Gasteiger partial charge in [-0.15, -0.1) is 0 Å². The summed E-state index contributed by atoms with van der Waals surface area (Å²) in [5.74, 6) is 0.671. The number of sulfone groups is 1. The molecule has 0 radical (unpaired) electrons. The van der Waals surface area contributed by atoms with E-state index in [1.165, 1.54) is 23.0 Å². The van der Waals surface area contributed by atoms with E-state index in [-0.39, 0.29) is 9.79 Å². The number of hydrogen-bond acceptors (Lipinski definition) is 6. The fourth-order valence-electron chi connectivity index (χ4n) is 4.96. The van der Waals surface area contributed by atoms with Crippen molar-refractivity contribution in [3.8, 4) is 5.75 Å². The topological polar surface area (TPSA) is 62.7 Å². The number of rotatable bonds is 5. The largest absolute Gasteiger partial charge is 0.497 e. The molecule has 1 aromatic heterocycles. The molecule has 0 saturated carbocycles. The highest BCUT2D eigenvalue weighted by atomic mass is 32.2. The first-order chi connectivity index (χ1) is 17.3. The van der Waals surface area contributed by atoms with E-state index in [0.29, 0.717) is 24.5 Å². The van der Waals surface area contributed by atoms with Crippen molar-refractivity contribution in [3.63, 3.8) is 0 Å². The summed E-state index contributed by atoms with van der Waals surface area (Å²) in [6, 6.07) is 19.1. The molecule has 1 saturated heterocycles. The van der Waals surface area contributed by atoms with Crippen LogP contribution in [0.4, 0.5) is 11.4 Å². The molecule has 3 aromatic carbocycles. The Kier molecular flexibility index (Phi) is 6.35. The Balaban J connectivity index is 1.58. The van der Waals surface area contributed by atoms with E-state index < -0.39 is 9.84 Å². The molecule has 1 aliphatic heterocycles. The van der Waals surface area contributed by atoms with Crippen LogP contribution in [0, 0.1) is 20.8 Å². The third-order valence-electron chi connectivity index (χ3n) is 6.92. The molecule has 1 aliphatic rings. The fourth-order valence-corrected chi connectivity index (χ4v) is 6.40. The van der Waals surface area contributed by atoms with Gasteiger partial charge in [-0.25, -0.2) is 8.42 Å². The number of ether oxygens (including phenoxy) is 1. The van der Waals surface area contributed by atoms with E-state index in [1.54, 1.807) is 19.2 Å². The molecular weight excluding hydrogens is 470 g/mol. The number of pyridine rings is 1. The summed E-state index contributed by atoms with van der Waals surface area (Å²) in [5.41, 5.74) is 6.18. The first kappa shape index (κ1) is 24.1. The number of benzene rings is 3. The van der Waals surface area contributed by atoms with E-state index in [0.717, 1.165) is 29.6 Å². The van der Waals surface area contributed by atoms with Gasteiger partial charge in [-0.05, 0) is 62.7 Å². The Bertz CT molecular complexity index is 1520. The number of methoxy groups -OCH3 is 1. The van der Waals surface area contributed by atoms with Crippen LogP contribution < -0.4 is 14.5 Å². The number of piperazine rings is 1. The van der Waals surface area contributed by atoms with Gasteiger partial charge in [-0.3, -0.25) is 4.98 Å². The van der Waals surface area contributed by atoms with Crippen LogP contribution in [0.3, 0.4) is 0 Å². The van der Waals surface area contributed by atoms with Gasteiger partial charge in [0.2, 0.25) is 9.84 Å². The van der Waals surface area contributed by atoms with Gasteiger partial charge < -0.3 is 14.5 Å².